The van der Waals surface area contributed by atoms with E-state index in [1.807, 2.05) is 11.6 Å². The number of aryl methyl sites for hydroxylation is 2. The zero-order valence-electron chi connectivity index (χ0n) is 30.0. The zero-order chi connectivity index (χ0) is 39.2. The van der Waals surface area contributed by atoms with Gasteiger partial charge in [-0.05, 0) is 55.3 Å². The molecule has 0 bridgehead atoms. The van der Waals surface area contributed by atoms with Crippen LogP contribution in [-0.4, -0.2) is 53.0 Å². The Labute approximate surface area is 304 Å². The first-order chi connectivity index (χ1) is 24.8. The van der Waals surface area contributed by atoms with Crippen LogP contribution in [-0.2, 0) is 37.8 Å². The van der Waals surface area contributed by atoms with Crippen molar-refractivity contribution in [2.24, 2.45) is 12.5 Å². The van der Waals surface area contributed by atoms with E-state index in [-0.39, 0.29) is 29.6 Å². The number of hydrogen-bond donors (Lipinski definition) is 3. The van der Waals surface area contributed by atoms with Gasteiger partial charge in [0.1, 0.15) is 23.5 Å². The number of anilines is 2. The first-order valence-corrected chi connectivity index (χ1v) is 18.0. The number of pyridine rings is 1. The van der Waals surface area contributed by atoms with Gasteiger partial charge in [-0.1, -0.05) is 40.2 Å². The van der Waals surface area contributed by atoms with Crippen molar-refractivity contribution in [3.8, 4) is 5.82 Å². The van der Waals surface area contributed by atoms with Crippen molar-refractivity contribution >= 4 is 39.2 Å². The van der Waals surface area contributed by atoms with Crippen LogP contribution in [0, 0.1) is 24.0 Å². The van der Waals surface area contributed by atoms with Crippen molar-refractivity contribution in [2.45, 2.75) is 64.8 Å². The summed E-state index contributed by atoms with van der Waals surface area (Å²) in [6.07, 6.45) is 3.70. The summed E-state index contributed by atoms with van der Waals surface area (Å²) >= 11 is 0. The van der Waals surface area contributed by atoms with Crippen molar-refractivity contribution in [2.75, 3.05) is 16.6 Å². The number of halogens is 2. The Balaban J connectivity index is 1.53. The van der Waals surface area contributed by atoms with Gasteiger partial charge in [0.15, 0.2) is 0 Å². The Morgan fingerprint density at radius 1 is 1.00 bits per heavy atom. The third kappa shape index (κ3) is 9.79. The molecule has 2 aromatic carbocycles. The fourth-order valence-corrected chi connectivity index (χ4v) is 5.87. The molecule has 4 rings (SSSR count). The summed E-state index contributed by atoms with van der Waals surface area (Å²) in [7, 11) is -2.96. The van der Waals surface area contributed by atoms with Gasteiger partial charge in [-0.25, -0.2) is 36.3 Å². The van der Waals surface area contributed by atoms with E-state index in [2.05, 4.69) is 15.6 Å². The van der Waals surface area contributed by atoms with Crippen molar-refractivity contribution in [3.63, 3.8) is 0 Å². The summed E-state index contributed by atoms with van der Waals surface area (Å²) < 4.78 is 65.8. The summed E-state index contributed by atoms with van der Waals surface area (Å²) in [5.74, 6) is -4.92. The highest BCUT2D eigenvalue weighted by atomic mass is 32.2. The molecule has 0 saturated carbocycles. The minimum atomic E-state index is -4.44. The van der Waals surface area contributed by atoms with E-state index in [1.54, 1.807) is 27.7 Å². The first-order valence-electron chi connectivity index (χ1n) is 16.5. The Bertz CT molecular complexity index is 2210. The first kappa shape index (κ1) is 40.1. The monoisotopic (exact) mass is 754 g/mol. The van der Waals surface area contributed by atoms with Crippen molar-refractivity contribution in [1.82, 2.24) is 19.4 Å². The smallest absolute Gasteiger partial charge is 0.336 e. The SMILES string of the molecule is CCCCOC(=O)[C@H](Cc1ccc(-n2c(=O)c(C)cn(C)c2=O)nc1)NC(=O)c1cc(F)c(NS(=O)(=O)c2ccc(NC(=O)C(C)(C)C)cc2)cc1F. The molecule has 0 saturated heterocycles. The normalized spacial score (nSPS) is 12.2. The van der Waals surface area contributed by atoms with Crippen LogP contribution in [0.5, 0.6) is 0 Å². The topological polar surface area (TPSA) is 188 Å². The number of carbonyl (C=O) groups is 3. The van der Waals surface area contributed by atoms with Crippen LogP contribution >= 0.6 is 0 Å². The van der Waals surface area contributed by atoms with Crippen molar-refractivity contribution in [1.29, 1.82) is 0 Å². The summed E-state index contributed by atoms with van der Waals surface area (Å²) in [4.78, 5) is 67.7. The Hall–Kier alpha value is -5.71. The van der Waals surface area contributed by atoms with Crippen LogP contribution in [0.4, 0.5) is 20.2 Å². The van der Waals surface area contributed by atoms with E-state index < -0.39 is 67.5 Å². The predicted molar refractivity (Wildman–Crippen MR) is 192 cm³/mol. The van der Waals surface area contributed by atoms with E-state index >= 15 is 8.78 Å². The molecule has 1 atom stereocenters. The number of aromatic nitrogens is 3. The average Bonchev–Trinajstić information content (AvgIpc) is 3.09. The predicted octanol–water partition coefficient (Wildman–Crippen LogP) is 3.99. The fraction of sp³-hybridized carbons (Fsp3) is 0.333. The lowest BCUT2D eigenvalue weighted by Crippen LogP contribution is -2.44. The summed E-state index contributed by atoms with van der Waals surface area (Å²) in [5, 5.41) is 5.00. The third-order valence-electron chi connectivity index (χ3n) is 7.88. The van der Waals surface area contributed by atoms with Crippen molar-refractivity contribution < 1.29 is 36.3 Å². The average molecular weight is 755 g/mol. The second-order valence-electron chi connectivity index (χ2n) is 13.3. The van der Waals surface area contributed by atoms with Gasteiger partial charge in [0.05, 0.1) is 22.8 Å². The highest BCUT2D eigenvalue weighted by Gasteiger charge is 2.27. The molecule has 0 unspecified atom stereocenters. The largest absolute Gasteiger partial charge is 0.464 e. The number of rotatable bonds is 13. The molecular formula is C36H40F2N6O8S. The molecule has 0 radical (unpaired) electrons. The molecule has 14 nitrogen and oxygen atoms in total. The van der Waals surface area contributed by atoms with E-state index in [1.165, 1.54) is 60.4 Å². The van der Waals surface area contributed by atoms with Crippen molar-refractivity contribution in [3.05, 3.63) is 110 Å². The minimum absolute atomic E-state index is 0.0176. The fourth-order valence-electron chi connectivity index (χ4n) is 4.82. The van der Waals surface area contributed by atoms with Crippen LogP contribution in [0.2, 0.25) is 0 Å². The van der Waals surface area contributed by atoms with E-state index in [0.29, 0.717) is 41.8 Å². The quantitative estimate of drug-likeness (QED) is 0.134. The molecule has 2 amide bonds. The molecule has 4 aromatic rings. The highest BCUT2D eigenvalue weighted by molar-refractivity contribution is 7.92. The maximum absolute atomic E-state index is 15.3. The molecule has 17 heteroatoms. The lowest BCUT2D eigenvalue weighted by Gasteiger charge is -2.19. The number of amides is 2. The molecule has 282 valence electrons. The molecule has 2 aromatic heterocycles. The van der Waals surface area contributed by atoms with E-state index in [9.17, 15) is 32.4 Å². The van der Waals surface area contributed by atoms with E-state index in [0.717, 1.165) is 4.57 Å². The Morgan fingerprint density at radius 2 is 1.68 bits per heavy atom. The number of ether oxygens (including phenoxy) is 1. The van der Waals surface area contributed by atoms with Gasteiger partial charge >= 0.3 is 11.7 Å². The van der Waals surface area contributed by atoms with Crippen LogP contribution in [0.25, 0.3) is 5.82 Å². The maximum Gasteiger partial charge on any atom is 0.336 e. The molecular weight excluding hydrogens is 714 g/mol. The maximum atomic E-state index is 15.3. The Morgan fingerprint density at radius 3 is 2.28 bits per heavy atom. The lowest BCUT2D eigenvalue weighted by molar-refractivity contribution is -0.146. The van der Waals surface area contributed by atoms with Gasteiger partial charge in [0.25, 0.3) is 21.5 Å². The zero-order valence-corrected chi connectivity index (χ0v) is 30.8. The number of hydrogen-bond acceptors (Lipinski definition) is 9. The van der Waals surface area contributed by atoms with Crippen LogP contribution in [0.15, 0.2) is 75.4 Å². The van der Waals surface area contributed by atoms with Gasteiger partial charge in [-0.15, -0.1) is 0 Å². The highest BCUT2D eigenvalue weighted by Crippen LogP contribution is 2.25. The molecule has 3 N–H and O–H groups in total. The van der Waals surface area contributed by atoms with Gasteiger partial charge < -0.3 is 19.9 Å². The number of nitrogens with one attached hydrogen (secondary N) is 3. The van der Waals surface area contributed by atoms with Gasteiger partial charge in [-0.3, -0.25) is 19.1 Å². The number of unbranched alkanes of at least 4 members (excludes halogenated alkanes) is 1. The van der Waals surface area contributed by atoms with E-state index in [4.69, 9.17) is 4.74 Å². The van der Waals surface area contributed by atoms with Crippen LogP contribution < -0.4 is 26.6 Å². The number of carbonyl (C=O) groups excluding carboxylic acids is 3. The minimum Gasteiger partial charge on any atom is -0.464 e. The van der Waals surface area contributed by atoms with Gasteiger partial charge in [-0.2, -0.15) is 0 Å². The van der Waals surface area contributed by atoms with Crippen LogP contribution in [0.3, 0.4) is 0 Å². The molecule has 0 aliphatic rings. The second kappa shape index (κ2) is 16.3. The molecule has 0 spiro atoms. The number of esters is 1. The summed E-state index contributed by atoms with van der Waals surface area (Å²) in [5.41, 5.74) is -2.51. The molecule has 2 heterocycles. The van der Waals surface area contributed by atoms with Gasteiger partial charge in [0, 0.05) is 48.6 Å². The molecule has 0 aliphatic heterocycles. The third-order valence-corrected chi connectivity index (χ3v) is 9.26. The lowest BCUT2D eigenvalue weighted by atomic mass is 9.95. The van der Waals surface area contributed by atoms with Crippen LogP contribution in [0.1, 0.15) is 62.0 Å². The number of sulfonamides is 1. The summed E-state index contributed by atoms with van der Waals surface area (Å²) in [6, 6.07) is 7.45. The molecule has 0 fully saturated rings. The standard InChI is InChI=1S/C36H40F2N6O8S/c1-7-8-15-52-33(47)29(16-22-9-14-30(39-19-22)44-32(46)21(2)20-43(6)35(44)49)41-31(45)25-17-27(38)28(18-26(25)37)42-53(50,51)24-12-10-23(11-13-24)40-34(48)36(3,4)5/h9-14,17-20,29,42H,7-8,15-16H2,1-6H3,(H,40,48)(H,41,45)/t29-/m0/s1. The molecule has 53 heavy (non-hydrogen) atoms. The van der Waals surface area contributed by atoms with Gasteiger partial charge in [0.2, 0.25) is 5.91 Å². The Kier molecular flexibility index (Phi) is 12.3. The molecule has 0 aliphatic carbocycles. The number of nitrogens with zero attached hydrogens (tertiary/aromatic N) is 3. The number of benzene rings is 2. The second-order valence-corrected chi connectivity index (χ2v) is 15.0. The summed E-state index contributed by atoms with van der Waals surface area (Å²) in [6.45, 7) is 8.57.